The summed E-state index contributed by atoms with van der Waals surface area (Å²) in [6.45, 7) is 1.95. The van der Waals surface area contributed by atoms with E-state index in [2.05, 4.69) is 6.92 Å². The van der Waals surface area contributed by atoms with Crippen molar-refractivity contribution in [3.63, 3.8) is 0 Å². The van der Waals surface area contributed by atoms with Crippen LogP contribution in [0.15, 0.2) is 12.2 Å². The zero-order valence-corrected chi connectivity index (χ0v) is 11.5. The number of carboxylic acids is 1. The molecule has 1 N–H and O–H groups in total. The van der Waals surface area contributed by atoms with E-state index < -0.39 is 5.97 Å². The number of hydrogen-bond donors (Lipinski definition) is 1. The van der Waals surface area contributed by atoms with Gasteiger partial charge in [-0.1, -0.05) is 45.1 Å². The molecule has 0 bridgehead atoms. The third-order valence-corrected chi connectivity index (χ3v) is 2.73. The minimum absolute atomic E-state index is 0.247. The van der Waals surface area contributed by atoms with Crippen molar-refractivity contribution in [1.29, 1.82) is 0 Å². The summed E-state index contributed by atoms with van der Waals surface area (Å²) in [5.74, 6) is -1.24. The minimum atomic E-state index is -0.991. The molecule has 0 aromatic rings. The van der Waals surface area contributed by atoms with Gasteiger partial charge in [0.25, 0.3) is 0 Å². The summed E-state index contributed by atoms with van der Waals surface area (Å²) in [6, 6.07) is 0. The predicted octanol–water partition coefficient (Wildman–Crippen LogP) is 2.84. The van der Waals surface area contributed by atoms with Gasteiger partial charge in [-0.3, -0.25) is 9.59 Å². The largest absolute Gasteiger partial charge is 0.480 e. The lowest BCUT2D eigenvalue weighted by molar-refractivity contribution is -0.141. The van der Waals surface area contributed by atoms with Gasteiger partial charge in [0.1, 0.15) is 6.54 Å². The summed E-state index contributed by atoms with van der Waals surface area (Å²) in [5, 5.41) is 8.53. The number of rotatable bonds is 10. The first-order valence-electron chi connectivity index (χ1n) is 6.71. The average molecular weight is 255 g/mol. The van der Waals surface area contributed by atoms with Crippen LogP contribution in [-0.2, 0) is 9.59 Å². The van der Waals surface area contributed by atoms with Crippen LogP contribution in [0, 0.1) is 0 Å². The van der Waals surface area contributed by atoms with E-state index in [1.165, 1.54) is 50.1 Å². The Morgan fingerprint density at radius 3 is 2.33 bits per heavy atom. The van der Waals surface area contributed by atoms with Gasteiger partial charge in [0.2, 0.25) is 5.91 Å². The van der Waals surface area contributed by atoms with E-state index in [9.17, 15) is 9.59 Å². The van der Waals surface area contributed by atoms with Crippen molar-refractivity contribution in [2.75, 3.05) is 13.6 Å². The Morgan fingerprint density at radius 2 is 1.72 bits per heavy atom. The number of aliphatic carboxylic acids is 1. The van der Waals surface area contributed by atoms with Crippen LogP contribution in [-0.4, -0.2) is 35.5 Å². The van der Waals surface area contributed by atoms with Gasteiger partial charge in [-0.2, -0.15) is 0 Å². The van der Waals surface area contributed by atoms with E-state index in [-0.39, 0.29) is 12.5 Å². The summed E-state index contributed by atoms with van der Waals surface area (Å²) >= 11 is 0. The highest BCUT2D eigenvalue weighted by Gasteiger charge is 2.07. The lowest BCUT2D eigenvalue weighted by atomic mass is 10.1. The van der Waals surface area contributed by atoms with Crippen molar-refractivity contribution in [1.82, 2.24) is 4.90 Å². The summed E-state index contributed by atoms with van der Waals surface area (Å²) in [4.78, 5) is 23.0. The van der Waals surface area contributed by atoms with Gasteiger partial charge in [-0.05, 0) is 18.9 Å². The molecule has 4 nitrogen and oxygen atoms in total. The molecule has 1 amide bonds. The third kappa shape index (κ3) is 9.87. The summed E-state index contributed by atoms with van der Waals surface area (Å²) in [5.41, 5.74) is 0. The highest BCUT2D eigenvalue weighted by Crippen LogP contribution is 2.07. The maximum Gasteiger partial charge on any atom is 0.323 e. The average Bonchev–Trinajstić information content (AvgIpc) is 2.31. The number of allylic oxidation sites excluding steroid dienone is 1. The molecular formula is C14H25NO3. The molecule has 0 aliphatic heterocycles. The lowest BCUT2D eigenvalue weighted by Crippen LogP contribution is -2.30. The second-order valence-corrected chi connectivity index (χ2v) is 4.55. The highest BCUT2D eigenvalue weighted by molar-refractivity contribution is 5.89. The van der Waals surface area contributed by atoms with E-state index in [1.807, 2.05) is 6.08 Å². The first kappa shape index (κ1) is 16.7. The van der Waals surface area contributed by atoms with Crippen LogP contribution in [0.3, 0.4) is 0 Å². The van der Waals surface area contributed by atoms with E-state index in [0.717, 1.165) is 12.8 Å². The molecule has 0 rings (SSSR count). The van der Waals surface area contributed by atoms with Gasteiger partial charge < -0.3 is 10.0 Å². The first-order valence-corrected chi connectivity index (χ1v) is 6.71. The molecule has 104 valence electrons. The SMILES string of the molecule is CCCCCCCCC=CC(=O)N(C)CC(=O)O. The number of carboxylic acid groups (broad SMARTS) is 1. The monoisotopic (exact) mass is 255 g/mol. The summed E-state index contributed by atoms with van der Waals surface area (Å²) in [6.07, 6.45) is 11.6. The zero-order valence-electron chi connectivity index (χ0n) is 11.5. The molecule has 0 radical (unpaired) electrons. The number of nitrogens with zero attached hydrogens (tertiary/aromatic N) is 1. The van der Waals surface area contributed by atoms with E-state index in [4.69, 9.17) is 5.11 Å². The number of likely N-dealkylation sites (N-methyl/N-ethyl adjacent to an activating group) is 1. The number of carbonyl (C=O) groups is 2. The molecule has 4 heteroatoms. The van der Waals surface area contributed by atoms with Crippen molar-refractivity contribution in [3.8, 4) is 0 Å². The molecular weight excluding hydrogens is 230 g/mol. The van der Waals surface area contributed by atoms with Crippen molar-refractivity contribution in [2.45, 2.75) is 51.9 Å². The van der Waals surface area contributed by atoms with Crippen molar-refractivity contribution < 1.29 is 14.7 Å². The molecule has 0 aliphatic rings. The molecule has 18 heavy (non-hydrogen) atoms. The second kappa shape index (κ2) is 10.8. The van der Waals surface area contributed by atoms with Crippen LogP contribution in [0.2, 0.25) is 0 Å². The second-order valence-electron chi connectivity index (χ2n) is 4.55. The standard InChI is InChI=1S/C14H25NO3/c1-3-4-5-6-7-8-9-10-11-13(16)15(2)12-14(17)18/h10-11H,3-9,12H2,1-2H3,(H,17,18). The Hall–Kier alpha value is -1.32. The third-order valence-electron chi connectivity index (χ3n) is 2.73. The van der Waals surface area contributed by atoms with E-state index >= 15 is 0 Å². The van der Waals surface area contributed by atoms with Gasteiger partial charge in [0.15, 0.2) is 0 Å². The molecule has 0 heterocycles. The molecule has 0 aromatic carbocycles. The molecule has 0 spiro atoms. The predicted molar refractivity (Wildman–Crippen MR) is 72.4 cm³/mol. The maximum absolute atomic E-state index is 11.4. The molecule has 0 saturated heterocycles. The Morgan fingerprint density at radius 1 is 1.11 bits per heavy atom. The highest BCUT2D eigenvalue weighted by atomic mass is 16.4. The van der Waals surface area contributed by atoms with Crippen LogP contribution in [0.4, 0.5) is 0 Å². The smallest absolute Gasteiger partial charge is 0.323 e. The molecule has 0 atom stereocenters. The van der Waals surface area contributed by atoms with Gasteiger partial charge in [-0.15, -0.1) is 0 Å². The first-order chi connectivity index (χ1) is 8.57. The molecule has 0 saturated carbocycles. The number of unbranched alkanes of at least 4 members (excludes halogenated alkanes) is 6. The van der Waals surface area contributed by atoms with Gasteiger partial charge >= 0.3 is 5.97 Å². The molecule has 0 aromatic heterocycles. The Bertz CT molecular complexity index is 274. The normalized spacial score (nSPS) is 10.8. The fourth-order valence-corrected chi connectivity index (χ4v) is 1.63. The van der Waals surface area contributed by atoms with E-state index in [1.54, 1.807) is 0 Å². The Balaban J connectivity index is 3.57. The van der Waals surface area contributed by atoms with Crippen LogP contribution in [0.1, 0.15) is 51.9 Å². The van der Waals surface area contributed by atoms with Crippen LogP contribution >= 0.6 is 0 Å². The quantitative estimate of drug-likeness (QED) is 0.482. The molecule has 0 unspecified atom stereocenters. The van der Waals surface area contributed by atoms with Crippen molar-refractivity contribution >= 4 is 11.9 Å². The van der Waals surface area contributed by atoms with Gasteiger partial charge in [-0.25, -0.2) is 0 Å². The van der Waals surface area contributed by atoms with Crippen molar-refractivity contribution in [3.05, 3.63) is 12.2 Å². The van der Waals surface area contributed by atoms with E-state index in [0.29, 0.717) is 0 Å². The van der Waals surface area contributed by atoms with Gasteiger partial charge in [0.05, 0.1) is 0 Å². The fraction of sp³-hybridized carbons (Fsp3) is 0.714. The molecule has 0 aliphatic carbocycles. The fourth-order valence-electron chi connectivity index (χ4n) is 1.63. The lowest BCUT2D eigenvalue weighted by Gasteiger charge is -2.11. The number of hydrogen-bond acceptors (Lipinski definition) is 2. The van der Waals surface area contributed by atoms with Gasteiger partial charge in [0, 0.05) is 7.05 Å². The Kier molecular flexibility index (Phi) is 10.0. The maximum atomic E-state index is 11.4. The zero-order chi connectivity index (χ0) is 13.8. The Labute approximate surface area is 110 Å². The van der Waals surface area contributed by atoms with Crippen LogP contribution in [0.25, 0.3) is 0 Å². The van der Waals surface area contributed by atoms with Crippen LogP contribution in [0.5, 0.6) is 0 Å². The summed E-state index contributed by atoms with van der Waals surface area (Å²) < 4.78 is 0. The summed E-state index contributed by atoms with van der Waals surface area (Å²) in [7, 11) is 1.49. The number of carbonyl (C=O) groups excluding carboxylic acids is 1. The minimum Gasteiger partial charge on any atom is -0.480 e. The molecule has 0 fully saturated rings. The van der Waals surface area contributed by atoms with Crippen LogP contribution < -0.4 is 0 Å². The topological polar surface area (TPSA) is 57.6 Å². The van der Waals surface area contributed by atoms with Crippen molar-refractivity contribution in [2.24, 2.45) is 0 Å². The number of amides is 1.